The SMILES string of the molecule is COc1ccc(C(=O)[C@@H]2[C@@H]3C(=O)N(c4cccc(Cl)c4)C(=O)[C@@H]3[C@@H]3c4ccccc4C=CN23)cc1Br. The lowest BCUT2D eigenvalue weighted by molar-refractivity contribution is -0.123. The molecular formula is C28H20BrClN2O4. The van der Waals surface area contributed by atoms with Gasteiger partial charge in [-0.1, -0.05) is 41.9 Å². The molecule has 3 aliphatic rings. The number of Topliss-reactive ketones (excluding diaryl/α,β-unsaturated/α-hetero) is 1. The smallest absolute Gasteiger partial charge is 0.240 e. The number of carbonyl (C=O) groups is 3. The van der Waals surface area contributed by atoms with E-state index in [2.05, 4.69) is 15.9 Å². The first kappa shape index (κ1) is 23.0. The van der Waals surface area contributed by atoms with E-state index >= 15 is 0 Å². The van der Waals surface area contributed by atoms with Crippen LogP contribution in [0.25, 0.3) is 6.08 Å². The number of methoxy groups -OCH3 is 1. The lowest BCUT2D eigenvalue weighted by Crippen LogP contribution is -2.44. The number of rotatable bonds is 4. The molecule has 0 unspecified atom stereocenters. The van der Waals surface area contributed by atoms with Gasteiger partial charge in [0.25, 0.3) is 0 Å². The third-order valence-electron chi connectivity index (χ3n) is 7.23. The maximum atomic E-state index is 14.0. The minimum atomic E-state index is -0.842. The Morgan fingerprint density at radius 3 is 2.50 bits per heavy atom. The zero-order valence-corrected chi connectivity index (χ0v) is 21.4. The molecule has 8 heteroatoms. The monoisotopic (exact) mass is 562 g/mol. The Balaban J connectivity index is 1.49. The number of fused-ring (bicyclic) bond motifs is 5. The lowest BCUT2D eigenvalue weighted by Gasteiger charge is -2.35. The molecule has 180 valence electrons. The standard InChI is InChI=1S/C28H20BrClN2O4/c1-36-21-10-9-16(13-20(21)29)26(33)25-23-22(24-19-8-3-2-5-15(19)11-12-31(24)25)27(34)32(28(23)35)18-7-4-6-17(30)14-18/h2-14,22-25H,1H3/t22-,23+,24-,25-/m0/s1. The second-order valence-corrected chi connectivity index (χ2v) is 10.3. The molecule has 0 saturated carbocycles. The van der Waals surface area contributed by atoms with Crippen LogP contribution in [0.2, 0.25) is 5.02 Å². The Kier molecular flexibility index (Phi) is 5.50. The van der Waals surface area contributed by atoms with Crippen molar-refractivity contribution in [2.24, 2.45) is 11.8 Å². The number of ether oxygens (including phenoxy) is 1. The highest BCUT2D eigenvalue weighted by molar-refractivity contribution is 9.10. The summed E-state index contributed by atoms with van der Waals surface area (Å²) in [7, 11) is 1.55. The van der Waals surface area contributed by atoms with Crippen LogP contribution in [0.15, 0.2) is 77.4 Å². The maximum Gasteiger partial charge on any atom is 0.240 e. The van der Waals surface area contributed by atoms with Crippen molar-refractivity contribution in [3.63, 3.8) is 0 Å². The quantitative estimate of drug-likeness (QED) is 0.309. The molecule has 2 saturated heterocycles. The minimum Gasteiger partial charge on any atom is -0.496 e. The normalized spacial score (nSPS) is 24.0. The van der Waals surface area contributed by atoms with Gasteiger partial charge in [0.05, 0.1) is 35.1 Å². The zero-order valence-electron chi connectivity index (χ0n) is 19.1. The number of hydrogen-bond acceptors (Lipinski definition) is 5. The topological polar surface area (TPSA) is 66.9 Å². The molecule has 0 radical (unpaired) electrons. The van der Waals surface area contributed by atoms with Gasteiger partial charge in [-0.25, -0.2) is 4.90 Å². The molecule has 0 spiro atoms. The summed E-state index contributed by atoms with van der Waals surface area (Å²) in [5.41, 5.74) is 2.74. The first-order valence-electron chi connectivity index (χ1n) is 11.5. The molecule has 0 N–H and O–H groups in total. The van der Waals surface area contributed by atoms with Crippen molar-refractivity contribution in [2.75, 3.05) is 12.0 Å². The van der Waals surface area contributed by atoms with Gasteiger partial charge in [-0.3, -0.25) is 14.4 Å². The fourth-order valence-electron chi connectivity index (χ4n) is 5.72. The number of carbonyl (C=O) groups excluding carboxylic acids is 3. The highest BCUT2D eigenvalue weighted by Gasteiger charge is 2.64. The van der Waals surface area contributed by atoms with Crippen LogP contribution in [0.3, 0.4) is 0 Å². The molecule has 6 nitrogen and oxygen atoms in total. The van der Waals surface area contributed by atoms with Crippen molar-refractivity contribution in [1.82, 2.24) is 4.90 Å². The second kappa shape index (κ2) is 8.61. The van der Waals surface area contributed by atoms with E-state index in [1.165, 1.54) is 4.90 Å². The summed E-state index contributed by atoms with van der Waals surface area (Å²) in [5.74, 6) is -1.89. The van der Waals surface area contributed by atoms with Crippen LogP contribution in [0.4, 0.5) is 5.69 Å². The Hall–Kier alpha value is -3.42. The Morgan fingerprint density at radius 1 is 0.972 bits per heavy atom. The number of halogens is 2. The highest BCUT2D eigenvalue weighted by atomic mass is 79.9. The van der Waals surface area contributed by atoms with Crippen molar-refractivity contribution >= 4 is 56.9 Å². The molecular weight excluding hydrogens is 544 g/mol. The summed E-state index contributed by atoms with van der Waals surface area (Å²) in [5, 5.41) is 0.424. The van der Waals surface area contributed by atoms with E-state index in [-0.39, 0.29) is 11.7 Å². The fourth-order valence-corrected chi connectivity index (χ4v) is 6.44. The van der Waals surface area contributed by atoms with Crippen molar-refractivity contribution in [3.05, 3.63) is 99.1 Å². The summed E-state index contributed by atoms with van der Waals surface area (Å²) >= 11 is 9.63. The van der Waals surface area contributed by atoms with Gasteiger partial charge < -0.3 is 9.64 Å². The third-order valence-corrected chi connectivity index (χ3v) is 8.09. The summed E-state index contributed by atoms with van der Waals surface area (Å²) in [6.07, 6.45) is 3.78. The van der Waals surface area contributed by atoms with E-state index < -0.39 is 29.8 Å². The molecule has 36 heavy (non-hydrogen) atoms. The Morgan fingerprint density at radius 2 is 1.75 bits per heavy atom. The van der Waals surface area contributed by atoms with Crippen LogP contribution in [-0.2, 0) is 9.59 Å². The van der Waals surface area contributed by atoms with Crippen LogP contribution < -0.4 is 9.64 Å². The van der Waals surface area contributed by atoms with Crippen LogP contribution in [0, 0.1) is 11.8 Å². The van der Waals surface area contributed by atoms with E-state index in [9.17, 15) is 14.4 Å². The van der Waals surface area contributed by atoms with Gasteiger partial charge in [-0.2, -0.15) is 0 Å². The minimum absolute atomic E-state index is 0.228. The van der Waals surface area contributed by atoms with E-state index in [4.69, 9.17) is 16.3 Å². The van der Waals surface area contributed by atoms with Crippen molar-refractivity contribution in [1.29, 1.82) is 0 Å². The van der Waals surface area contributed by atoms with Gasteiger partial charge in [0.2, 0.25) is 11.8 Å². The molecule has 2 amide bonds. The number of benzene rings is 3. The molecule has 0 aliphatic carbocycles. The number of hydrogen-bond donors (Lipinski definition) is 0. The molecule has 0 bridgehead atoms. The van der Waals surface area contributed by atoms with Crippen molar-refractivity contribution < 1.29 is 19.1 Å². The van der Waals surface area contributed by atoms with E-state index in [1.807, 2.05) is 41.4 Å². The average molecular weight is 564 g/mol. The van der Waals surface area contributed by atoms with Crippen molar-refractivity contribution in [3.8, 4) is 5.75 Å². The fraction of sp³-hybridized carbons (Fsp3) is 0.179. The average Bonchev–Trinajstić information content (AvgIpc) is 3.36. The number of amides is 2. The molecule has 3 heterocycles. The summed E-state index contributed by atoms with van der Waals surface area (Å²) in [4.78, 5) is 44.9. The molecule has 0 aromatic heterocycles. The molecule has 6 rings (SSSR count). The van der Waals surface area contributed by atoms with Crippen LogP contribution in [0.1, 0.15) is 27.5 Å². The van der Waals surface area contributed by atoms with Gasteiger partial charge in [0, 0.05) is 16.8 Å². The Bertz CT molecular complexity index is 1470. The maximum absolute atomic E-state index is 14.0. The van der Waals surface area contributed by atoms with Crippen LogP contribution in [0.5, 0.6) is 5.75 Å². The predicted molar refractivity (Wildman–Crippen MR) is 140 cm³/mol. The van der Waals surface area contributed by atoms with Gasteiger partial charge in [0.1, 0.15) is 11.8 Å². The number of imide groups is 1. The van der Waals surface area contributed by atoms with Gasteiger partial charge in [-0.05, 0) is 69.5 Å². The summed E-state index contributed by atoms with van der Waals surface area (Å²) < 4.78 is 5.94. The Labute approximate surface area is 221 Å². The second-order valence-electron chi connectivity index (χ2n) is 9.04. The van der Waals surface area contributed by atoms with Gasteiger partial charge >= 0.3 is 0 Å². The number of nitrogens with zero attached hydrogens (tertiary/aromatic N) is 2. The largest absolute Gasteiger partial charge is 0.496 e. The van der Waals surface area contributed by atoms with Gasteiger partial charge in [-0.15, -0.1) is 0 Å². The van der Waals surface area contributed by atoms with Gasteiger partial charge in [0.15, 0.2) is 5.78 Å². The van der Waals surface area contributed by atoms with E-state index in [1.54, 1.807) is 49.6 Å². The van der Waals surface area contributed by atoms with E-state index in [0.29, 0.717) is 26.5 Å². The summed E-state index contributed by atoms with van der Waals surface area (Å²) in [6, 6.07) is 18.3. The first-order valence-corrected chi connectivity index (χ1v) is 12.6. The summed E-state index contributed by atoms with van der Waals surface area (Å²) in [6.45, 7) is 0. The van der Waals surface area contributed by atoms with Crippen molar-refractivity contribution in [2.45, 2.75) is 12.1 Å². The molecule has 4 atom stereocenters. The zero-order chi connectivity index (χ0) is 25.1. The molecule has 3 aromatic rings. The van der Waals surface area contributed by atoms with Crippen LogP contribution in [-0.4, -0.2) is 35.6 Å². The van der Waals surface area contributed by atoms with Crippen LogP contribution >= 0.6 is 27.5 Å². The number of anilines is 1. The molecule has 3 aliphatic heterocycles. The first-order chi connectivity index (χ1) is 17.4. The number of ketones is 1. The molecule has 2 fully saturated rings. The lowest BCUT2D eigenvalue weighted by atomic mass is 9.83. The molecule has 3 aromatic carbocycles. The highest BCUT2D eigenvalue weighted by Crippen LogP contribution is 2.53. The third kappa shape index (κ3) is 3.33. The predicted octanol–water partition coefficient (Wildman–Crippen LogP) is 5.51. The van der Waals surface area contributed by atoms with E-state index in [0.717, 1.165) is 11.1 Å².